The van der Waals surface area contributed by atoms with Crippen LogP contribution in [0.25, 0.3) is 11.1 Å². The minimum Gasteiger partial charge on any atom is -0.379 e. The van der Waals surface area contributed by atoms with E-state index in [-0.39, 0.29) is 10.6 Å². The summed E-state index contributed by atoms with van der Waals surface area (Å²) >= 11 is 6.21. The minimum absolute atomic E-state index is 0.0800. The average Bonchev–Trinajstić information content (AvgIpc) is 3.07. The summed E-state index contributed by atoms with van der Waals surface area (Å²) < 4.78 is 32.1. The fourth-order valence-corrected chi connectivity index (χ4v) is 4.77. The normalized spacial score (nSPS) is 11.2. The van der Waals surface area contributed by atoms with Crippen LogP contribution in [0.5, 0.6) is 5.75 Å². The van der Waals surface area contributed by atoms with Gasteiger partial charge in [-0.3, -0.25) is 4.68 Å². The third kappa shape index (κ3) is 4.77. The van der Waals surface area contributed by atoms with E-state index in [1.807, 2.05) is 24.6 Å². The number of aryl methyl sites for hydroxylation is 1. The third-order valence-corrected chi connectivity index (χ3v) is 6.83. The van der Waals surface area contributed by atoms with Crippen molar-refractivity contribution in [2.75, 3.05) is 0 Å². The van der Waals surface area contributed by atoms with Crippen LogP contribution in [0.3, 0.4) is 0 Å². The van der Waals surface area contributed by atoms with E-state index >= 15 is 0 Å². The first-order valence-electron chi connectivity index (χ1n) is 10.1. The molecule has 4 rings (SSSR count). The number of hydrogen-bond donors (Lipinski definition) is 0. The summed E-state index contributed by atoms with van der Waals surface area (Å²) in [6, 6.07) is 22.3. The van der Waals surface area contributed by atoms with E-state index in [2.05, 4.69) is 11.2 Å². The number of para-hydroxylation sites is 1. The van der Waals surface area contributed by atoms with Crippen molar-refractivity contribution in [2.24, 2.45) is 0 Å². The van der Waals surface area contributed by atoms with Gasteiger partial charge in [-0.25, -0.2) is 0 Å². The molecule has 0 aliphatic carbocycles. The van der Waals surface area contributed by atoms with Crippen molar-refractivity contribution in [3.05, 3.63) is 100 Å². The molecule has 3 aromatic carbocycles. The summed E-state index contributed by atoms with van der Waals surface area (Å²) in [4.78, 5) is 0.0800. The average molecular weight is 478 g/mol. The van der Waals surface area contributed by atoms with Gasteiger partial charge in [0.1, 0.15) is 16.7 Å². The summed E-state index contributed by atoms with van der Waals surface area (Å²) in [7, 11) is -3.92. The quantitative estimate of drug-likeness (QED) is 0.342. The van der Waals surface area contributed by atoms with Crippen LogP contribution in [0.2, 0.25) is 5.02 Å². The molecule has 1 aromatic heterocycles. The van der Waals surface area contributed by atoms with Crippen molar-refractivity contribution in [3.63, 3.8) is 0 Å². The predicted molar refractivity (Wildman–Crippen MR) is 127 cm³/mol. The van der Waals surface area contributed by atoms with Gasteiger partial charge in [0.25, 0.3) is 0 Å². The van der Waals surface area contributed by atoms with Crippen LogP contribution in [0, 0.1) is 25.2 Å². The highest BCUT2D eigenvalue weighted by Crippen LogP contribution is 2.31. The van der Waals surface area contributed by atoms with Crippen LogP contribution < -0.4 is 4.18 Å². The molecule has 0 radical (unpaired) electrons. The Morgan fingerprint density at radius 1 is 1.03 bits per heavy atom. The van der Waals surface area contributed by atoms with Crippen LogP contribution in [0.1, 0.15) is 22.5 Å². The molecule has 0 N–H and O–H groups in total. The fourth-order valence-electron chi connectivity index (χ4n) is 3.62. The van der Waals surface area contributed by atoms with Crippen molar-refractivity contribution in [1.29, 1.82) is 5.26 Å². The summed E-state index contributed by atoms with van der Waals surface area (Å²) in [5.41, 5.74) is 4.94. The second kappa shape index (κ2) is 9.10. The molecule has 0 aliphatic heterocycles. The zero-order valence-corrected chi connectivity index (χ0v) is 19.6. The summed E-state index contributed by atoms with van der Waals surface area (Å²) in [5.74, 6) is 0.264. The van der Waals surface area contributed by atoms with E-state index in [1.54, 1.807) is 54.6 Å². The summed E-state index contributed by atoms with van der Waals surface area (Å²) in [5, 5.41) is 14.2. The Hall–Kier alpha value is -3.60. The molecule has 1 heterocycles. The monoisotopic (exact) mass is 477 g/mol. The largest absolute Gasteiger partial charge is 0.379 e. The number of nitrogens with zero attached hydrogens (tertiary/aromatic N) is 3. The number of halogens is 1. The molecule has 166 valence electrons. The second-order valence-electron chi connectivity index (χ2n) is 7.50. The molecule has 0 fully saturated rings. The van der Waals surface area contributed by atoms with E-state index in [1.165, 1.54) is 12.1 Å². The van der Waals surface area contributed by atoms with Gasteiger partial charge in [-0.15, -0.1) is 0 Å². The molecule has 0 saturated carbocycles. The topological polar surface area (TPSA) is 85.0 Å². The molecule has 0 bridgehead atoms. The molecule has 4 aromatic rings. The molecule has 0 spiro atoms. The molecular formula is C25H20ClN3O3S. The molecule has 6 nitrogen and oxygen atoms in total. The van der Waals surface area contributed by atoms with Crippen molar-refractivity contribution >= 4 is 21.7 Å². The highest BCUT2D eigenvalue weighted by atomic mass is 35.5. The minimum atomic E-state index is -3.92. The predicted octanol–water partition coefficient (Wildman–Crippen LogP) is 5.51. The Bertz CT molecular complexity index is 1460. The maximum Gasteiger partial charge on any atom is 0.339 e. The molecule has 0 unspecified atom stereocenters. The maximum atomic E-state index is 12.5. The van der Waals surface area contributed by atoms with Gasteiger partial charge < -0.3 is 4.18 Å². The van der Waals surface area contributed by atoms with E-state index in [9.17, 15) is 8.42 Å². The first-order valence-corrected chi connectivity index (χ1v) is 11.9. The molecule has 8 heteroatoms. The molecule has 0 aliphatic rings. The lowest BCUT2D eigenvalue weighted by molar-refractivity contribution is 0.486. The van der Waals surface area contributed by atoms with Gasteiger partial charge in [0, 0.05) is 11.3 Å². The first-order chi connectivity index (χ1) is 15.8. The molecule has 0 saturated heterocycles. The Morgan fingerprint density at radius 2 is 1.73 bits per heavy atom. The van der Waals surface area contributed by atoms with Gasteiger partial charge in [-0.1, -0.05) is 48.0 Å². The number of nitriles is 1. The lowest BCUT2D eigenvalue weighted by Gasteiger charge is -2.09. The van der Waals surface area contributed by atoms with Gasteiger partial charge >= 0.3 is 10.1 Å². The van der Waals surface area contributed by atoms with Gasteiger partial charge in [-0.05, 0) is 61.4 Å². The SMILES string of the molecule is Cc1nn(Cc2ccc(S(=O)(=O)Oc3ccccc3)cc2)c(C)c1-c1ccc(C#N)c(Cl)c1. The highest BCUT2D eigenvalue weighted by molar-refractivity contribution is 7.87. The van der Waals surface area contributed by atoms with Crippen molar-refractivity contribution in [3.8, 4) is 22.9 Å². The van der Waals surface area contributed by atoms with E-state index in [0.717, 1.165) is 28.1 Å². The van der Waals surface area contributed by atoms with E-state index < -0.39 is 10.1 Å². The third-order valence-electron chi connectivity index (χ3n) is 5.25. The Morgan fingerprint density at radius 3 is 2.36 bits per heavy atom. The van der Waals surface area contributed by atoms with Gasteiger partial charge in [-0.2, -0.15) is 18.8 Å². The molecule has 0 atom stereocenters. The summed E-state index contributed by atoms with van der Waals surface area (Å²) in [6.07, 6.45) is 0. The lowest BCUT2D eigenvalue weighted by Crippen LogP contribution is -2.10. The zero-order chi connectivity index (χ0) is 23.6. The van der Waals surface area contributed by atoms with Crippen molar-refractivity contribution in [1.82, 2.24) is 9.78 Å². The van der Waals surface area contributed by atoms with Gasteiger partial charge in [0.15, 0.2) is 0 Å². The van der Waals surface area contributed by atoms with Crippen LogP contribution in [-0.2, 0) is 16.7 Å². The maximum absolute atomic E-state index is 12.5. The van der Waals surface area contributed by atoms with Crippen LogP contribution >= 0.6 is 11.6 Å². The van der Waals surface area contributed by atoms with Crippen molar-refractivity contribution < 1.29 is 12.6 Å². The van der Waals surface area contributed by atoms with Crippen LogP contribution in [0.4, 0.5) is 0 Å². The Kier molecular flexibility index (Phi) is 6.23. The first kappa shape index (κ1) is 22.6. The number of benzene rings is 3. The molecular weight excluding hydrogens is 458 g/mol. The highest BCUT2D eigenvalue weighted by Gasteiger charge is 2.18. The second-order valence-corrected chi connectivity index (χ2v) is 9.46. The fraction of sp³-hybridized carbons (Fsp3) is 0.120. The van der Waals surface area contributed by atoms with E-state index in [4.69, 9.17) is 21.0 Å². The summed E-state index contributed by atoms with van der Waals surface area (Å²) in [6.45, 7) is 4.35. The standard InChI is InChI=1S/C25H20ClN3O3S/c1-17-25(20-10-11-21(15-27)24(26)14-20)18(2)29(28-17)16-19-8-12-23(13-9-19)33(30,31)32-22-6-4-3-5-7-22/h3-14H,16H2,1-2H3. The number of aromatic nitrogens is 2. The lowest BCUT2D eigenvalue weighted by atomic mass is 10.0. The smallest absolute Gasteiger partial charge is 0.339 e. The number of hydrogen-bond acceptors (Lipinski definition) is 5. The molecule has 33 heavy (non-hydrogen) atoms. The number of rotatable bonds is 6. The van der Waals surface area contributed by atoms with E-state index in [0.29, 0.717) is 17.1 Å². The van der Waals surface area contributed by atoms with Gasteiger partial charge in [0.2, 0.25) is 0 Å². The van der Waals surface area contributed by atoms with Crippen LogP contribution in [-0.4, -0.2) is 18.2 Å². The Labute approximate surface area is 197 Å². The van der Waals surface area contributed by atoms with Crippen LogP contribution in [0.15, 0.2) is 77.7 Å². The van der Waals surface area contributed by atoms with Gasteiger partial charge in [0.05, 0.1) is 22.8 Å². The Balaban J connectivity index is 1.56. The van der Waals surface area contributed by atoms with Crippen molar-refractivity contribution in [2.45, 2.75) is 25.3 Å². The zero-order valence-electron chi connectivity index (χ0n) is 18.0. The molecule has 0 amide bonds.